The van der Waals surface area contributed by atoms with E-state index in [2.05, 4.69) is 25.9 Å². The van der Waals surface area contributed by atoms with Crippen LogP contribution < -0.4 is 4.90 Å². The Balaban J connectivity index is 2.14. The van der Waals surface area contributed by atoms with Crippen molar-refractivity contribution in [3.63, 3.8) is 0 Å². The first-order chi connectivity index (χ1) is 9.48. The predicted octanol–water partition coefficient (Wildman–Crippen LogP) is 2.35. The van der Waals surface area contributed by atoms with Gasteiger partial charge in [-0.15, -0.1) is 0 Å². The predicted molar refractivity (Wildman–Crippen MR) is 68.7 cm³/mol. The number of ether oxygens (including phenoxy) is 1. The summed E-state index contributed by atoms with van der Waals surface area (Å²) in [4.78, 5) is 9.74. The maximum absolute atomic E-state index is 12.9. The maximum Gasteiger partial charge on any atom is 0.436 e. The molecule has 0 N–H and O–H groups in total. The zero-order valence-corrected chi connectivity index (χ0v) is 11.8. The van der Waals surface area contributed by atoms with Gasteiger partial charge >= 0.3 is 6.18 Å². The third kappa shape index (κ3) is 2.24. The molecule has 1 aliphatic rings. The molecule has 0 unspecified atom stereocenters. The number of rotatable bonds is 1. The van der Waals surface area contributed by atoms with Crippen LogP contribution in [0, 0.1) is 0 Å². The van der Waals surface area contributed by atoms with Gasteiger partial charge in [-0.25, -0.2) is 9.97 Å². The van der Waals surface area contributed by atoms with Crippen molar-refractivity contribution < 1.29 is 17.9 Å². The number of fused-ring (bicyclic) bond motifs is 1. The van der Waals surface area contributed by atoms with Crippen molar-refractivity contribution in [2.24, 2.45) is 0 Å². The molecule has 0 radical (unpaired) electrons. The second-order valence-corrected chi connectivity index (χ2v) is 5.04. The molecule has 0 bridgehead atoms. The fraction of sp³-hybridized carbons (Fsp3) is 0.455. The topological polar surface area (TPSA) is 42.7 Å². The average Bonchev–Trinajstić information content (AvgIpc) is 2.77. The molecule has 108 valence electrons. The molecule has 1 fully saturated rings. The number of morpholine rings is 1. The quantitative estimate of drug-likeness (QED) is 0.791. The molecule has 0 aliphatic carbocycles. The molecule has 0 amide bonds. The van der Waals surface area contributed by atoms with Gasteiger partial charge in [0, 0.05) is 25.5 Å². The molecular formula is C11H10BrF3N4O. The monoisotopic (exact) mass is 350 g/mol. The Labute approximate surface area is 120 Å². The zero-order chi connectivity index (χ0) is 14.3. The first-order valence-electron chi connectivity index (χ1n) is 5.91. The Morgan fingerprint density at radius 2 is 1.95 bits per heavy atom. The van der Waals surface area contributed by atoms with Crippen LogP contribution in [0.4, 0.5) is 19.0 Å². The van der Waals surface area contributed by atoms with Gasteiger partial charge in [-0.1, -0.05) is 0 Å². The van der Waals surface area contributed by atoms with Crippen LogP contribution in [0.1, 0.15) is 5.69 Å². The number of alkyl halides is 3. The molecule has 5 nitrogen and oxygen atoms in total. The minimum absolute atomic E-state index is 0.114. The smallest absolute Gasteiger partial charge is 0.378 e. The number of imidazole rings is 1. The van der Waals surface area contributed by atoms with Crippen molar-refractivity contribution >= 4 is 27.4 Å². The van der Waals surface area contributed by atoms with Crippen molar-refractivity contribution in [1.82, 2.24) is 14.4 Å². The molecule has 0 saturated carbocycles. The summed E-state index contributed by atoms with van der Waals surface area (Å²) in [6.45, 7) is 2.21. The van der Waals surface area contributed by atoms with E-state index < -0.39 is 11.9 Å². The molecule has 20 heavy (non-hydrogen) atoms. The fourth-order valence-corrected chi connectivity index (χ4v) is 2.71. The Hall–Kier alpha value is -1.35. The number of aromatic nitrogens is 3. The van der Waals surface area contributed by atoms with Gasteiger partial charge in [0.15, 0.2) is 17.2 Å². The van der Waals surface area contributed by atoms with E-state index in [1.165, 1.54) is 16.8 Å². The average molecular weight is 351 g/mol. The minimum Gasteiger partial charge on any atom is -0.378 e. The molecule has 3 rings (SSSR count). The van der Waals surface area contributed by atoms with Gasteiger partial charge in [0.25, 0.3) is 0 Å². The van der Waals surface area contributed by atoms with Gasteiger partial charge in [0.1, 0.15) is 4.60 Å². The Kier molecular flexibility index (Phi) is 3.33. The van der Waals surface area contributed by atoms with Gasteiger partial charge in [-0.3, -0.25) is 4.40 Å². The molecule has 1 saturated heterocycles. The van der Waals surface area contributed by atoms with E-state index in [9.17, 15) is 13.2 Å². The number of hydrogen-bond acceptors (Lipinski definition) is 4. The summed E-state index contributed by atoms with van der Waals surface area (Å²) in [6, 6.07) is 0. The highest BCUT2D eigenvalue weighted by molar-refractivity contribution is 9.10. The molecule has 0 aromatic carbocycles. The summed E-state index contributed by atoms with van der Waals surface area (Å²) in [5.74, 6) is 0.437. The van der Waals surface area contributed by atoms with Crippen LogP contribution in [-0.2, 0) is 10.9 Å². The number of hydrogen-bond donors (Lipinski definition) is 0. The summed E-state index contributed by atoms with van der Waals surface area (Å²) < 4.78 is 45.2. The molecule has 9 heteroatoms. The third-order valence-electron chi connectivity index (χ3n) is 3.04. The van der Waals surface area contributed by atoms with Crippen LogP contribution in [0.3, 0.4) is 0 Å². The van der Waals surface area contributed by atoms with E-state index in [4.69, 9.17) is 4.74 Å². The minimum atomic E-state index is -4.51. The lowest BCUT2D eigenvalue weighted by molar-refractivity contribution is -0.141. The van der Waals surface area contributed by atoms with Crippen molar-refractivity contribution in [2.75, 3.05) is 31.2 Å². The molecule has 1 aliphatic heterocycles. The normalized spacial score (nSPS) is 16.9. The molecule has 2 aromatic heterocycles. The lowest BCUT2D eigenvalue weighted by Crippen LogP contribution is -2.37. The van der Waals surface area contributed by atoms with Gasteiger partial charge in [-0.2, -0.15) is 13.2 Å². The SMILES string of the molecule is FC(F)(F)c1nc2c(N3CCOCC3)nccn2c1Br. The summed E-state index contributed by atoms with van der Waals surface area (Å²) in [6.07, 6.45) is -1.59. The van der Waals surface area contributed by atoms with Crippen molar-refractivity contribution in [2.45, 2.75) is 6.18 Å². The summed E-state index contributed by atoms with van der Waals surface area (Å²) >= 11 is 2.96. The summed E-state index contributed by atoms with van der Waals surface area (Å²) in [5, 5.41) is 0. The Bertz CT molecular complexity index is 636. The van der Waals surface area contributed by atoms with E-state index >= 15 is 0 Å². The highest BCUT2D eigenvalue weighted by atomic mass is 79.9. The summed E-state index contributed by atoms with van der Waals surface area (Å²) in [5.41, 5.74) is -0.756. The van der Waals surface area contributed by atoms with Gasteiger partial charge in [0.2, 0.25) is 0 Å². The van der Waals surface area contributed by atoms with Crippen LogP contribution in [0.25, 0.3) is 5.65 Å². The molecule has 0 spiro atoms. The second kappa shape index (κ2) is 4.88. The number of anilines is 1. The molecule has 2 aromatic rings. The van der Waals surface area contributed by atoms with E-state index in [0.717, 1.165) is 0 Å². The first-order valence-corrected chi connectivity index (χ1v) is 6.70. The first kappa shape index (κ1) is 13.6. The Morgan fingerprint density at radius 1 is 1.25 bits per heavy atom. The number of halogens is 4. The van der Waals surface area contributed by atoms with E-state index in [-0.39, 0.29) is 10.3 Å². The van der Waals surface area contributed by atoms with Crippen molar-refractivity contribution in [3.05, 3.63) is 22.7 Å². The second-order valence-electron chi connectivity index (χ2n) is 4.29. The van der Waals surface area contributed by atoms with Crippen molar-refractivity contribution in [3.8, 4) is 0 Å². The van der Waals surface area contributed by atoms with Gasteiger partial charge in [0.05, 0.1) is 13.2 Å². The molecule has 0 atom stereocenters. The molecular weight excluding hydrogens is 341 g/mol. The Morgan fingerprint density at radius 3 is 2.60 bits per heavy atom. The van der Waals surface area contributed by atoms with Crippen LogP contribution in [0.5, 0.6) is 0 Å². The van der Waals surface area contributed by atoms with E-state index in [0.29, 0.717) is 32.1 Å². The maximum atomic E-state index is 12.9. The largest absolute Gasteiger partial charge is 0.436 e. The third-order valence-corrected chi connectivity index (χ3v) is 3.80. The lowest BCUT2D eigenvalue weighted by atomic mass is 10.4. The van der Waals surface area contributed by atoms with Crippen molar-refractivity contribution in [1.29, 1.82) is 0 Å². The standard InChI is InChI=1S/C11H10BrF3N4O/c12-8-7(11(13,14)15)17-10-9(16-1-2-19(8)10)18-3-5-20-6-4-18/h1-2H,3-6H2. The fourth-order valence-electron chi connectivity index (χ4n) is 2.11. The van der Waals surface area contributed by atoms with E-state index in [1.807, 2.05) is 4.90 Å². The van der Waals surface area contributed by atoms with Gasteiger partial charge in [-0.05, 0) is 15.9 Å². The van der Waals surface area contributed by atoms with E-state index in [1.54, 1.807) is 0 Å². The van der Waals surface area contributed by atoms with Crippen LogP contribution in [0.2, 0.25) is 0 Å². The van der Waals surface area contributed by atoms with Crippen LogP contribution in [-0.4, -0.2) is 40.7 Å². The summed E-state index contributed by atoms with van der Waals surface area (Å²) in [7, 11) is 0. The van der Waals surface area contributed by atoms with Crippen LogP contribution >= 0.6 is 15.9 Å². The molecule has 3 heterocycles. The number of nitrogens with zero attached hydrogens (tertiary/aromatic N) is 4. The van der Waals surface area contributed by atoms with Crippen LogP contribution in [0.15, 0.2) is 17.0 Å². The van der Waals surface area contributed by atoms with Gasteiger partial charge < -0.3 is 9.64 Å². The highest BCUT2D eigenvalue weighted by Crippen LogP contribution is 2.36. The zero-order valence-electron chi connectivity index (χ0n) is 10.2. The highest BCUT2D eigenvalue weighted by Gasteiger charge is 2.38. The lowest BCUT2D eigenvalue weighted by Gasteiger charge is -2.27.